The highest BCUT2D eigenvalue weighted by atomic mass is 32.1. The molecular weight excluding hydrogens is 272 g/mol. The molecule has 0 saturated carbocycles. The molecule has 0 amide bonds. The number of likely N-dealkylation sites (tertiary alicyclic amines) is 1. The standard InChI is InChI=1S/C15H24N2O2S/c1-10(2)15-16-12(8-14(18)19)13(20-15)9-17-6-4-11(3)5-7-17/h10-11H,4-9H2,1-3H3,(H,18,19). The molecule has 20 heavy (non-hydrogen) atoms. The predicted molar refractivity (Wildman–Crippen MR) is 81.2 cm³/mol. The lowest BCUT2D eigenvalue weighted by atomic mass is 9.99. The monoisotopic (exact) mass is 296 g/mol. The van der Waals surface area contributed by atoms with Crippen LogP contribution in [0.4, 0.5) is 0 Å². The van der Waals surface area contributed by atoms with Gasteiger partial charge in [0.1, 0.15) is 0 Å². The second-order valence-corrected chi connectivity index (χ2v) is 7.22. The number of aromatic nitrogens is 1. The van der Waals surface area contributed by atoms with Crippen LogP contribution in [0, 0.1) is 5.92 Å². The second-order valence-electron chi connectivity index (χ2n) is 6.11. The smallest absolute Gasteiger partial charge is 0.309 e. The Labute approximate surface area is 124 Å². The van der Waals surface area contributed by atoms with Gasteiger partial charge in [0.15, 0.2) is 0 Å². The van der Waals surface area contributed by atoms with Gasteiger partial charge in [-0.3, -0.25) is 9.69 Å². The second kappa shape index (κ2) is 6.68. The molecule has 1 aromatic rings. The highest BCUT2D eigenvalue weighted by Gasteiger charge is 2.21. The Balaban J connectivity index is 2.10. The molecule has 0 bridgehead atoms. The molecule has 1 aromatic heterocycles. The minimum Gasteiger partial charge on any atom is -0.481 e. The number of hydrogen-bond acceptors (Lipinski definition) is 4. The van der Waals surface area contributed by atoms with Gasteiger partial charge in [0.05, 0.1) is 17.1 Å². The quantitative estimate of drug-likeness (QED) is 0.907. The van der Waals surface area contributed by atoms with Crippen LogP contribution in [-0.2, 0) is 17.8 Å². The molecule has 4 nitrogen and oxygen atoms in total. The first kappa shape index (κ1) is 15.4. The zero-order valence-corrected chi connectivity index (χ0v) is 13.4. The van der Waals surface area contributed by atoms with Gasteiger partial charge in [-0.05, 0) is 31.8 Å². The maximum atomic E-state index is 11.0. The Morgan fingerprint density at radius 3 is 2.65 bits per heavy atom. The van der Waals surface area contributed by atoms with E-state index in [2.05, 4.69) is 30.7 Å². The average molecular weight is 296 g/mol. The zero-order chi connectivity index (χ0) is 14.7. The molecule has 0 unspecified atom stereocenters. The van der Waals surface area contributed by atoms with Gasteiger partial charge in [0.2, 0.25) is 0 Å². The van der Waals surface area contributed by atoms with Crippen LogP contribution in [0.1, 0.15) is 55.1 Å². The molecule has 112 valence electrons. The van der Waals surface area contributed by atoms with E-state index in [1.54, 1.807) is 11.3 Å². The first-order chi connectivity index (χ1) is 9.45. The van der Waals surface area contributed by atoms with Crippen LogP contribution in [0.25, 0.3) is 0 Å². The fraction of sp³-hybridized carbons (Fsp3) is 0.733. The summed E-state index contributed by atoms with van der Waals surface area (Å²) in [5, 5.41) is 10.1. The highest BCUT2D eigenvalue weighted by Crippen LogP contribution is 2.28. The van der Waals surface area contributed by atoms with Crippen molar-refractivity contribution in [2.75, 3.05) is 13.1 Å². The molecule has 5 heteroatoms. The summed E-state index contributed by atoms with van der Waals surface area (Å²) < 4.78 is 0. The summed E-state index contributed by atoms with van der Waals surface area (Å²) in [6.45, 7) is 9.60. The maximum absolute atomic E-state index is 11.0. The van der Waals surface area contributed by atoms with Gasteiger partial charge in [-0.15, -0.1) is 11.3 Å². The van der Waals surface area contributed by atoms with Crippen molar-refractivity contribution in [2.45, 2.75) is 52.5 Å². The maximum Gasteiger partial charge on any atom is 0.309 e. The zero-order valence-electron chi connectivity index (χ0n) is 12.6. The Kier molecular flexibility index (Phi) is 5.16. The Bertz CT molecular complexity index is 462. The SMILES string of the molecule is CC1CCN(Cc2sc(C(C)C)nc2CC(=O)O)CC1. The first-order valence-corrected chi connectivity index (χ1v) is 8.20. The Hall–Kier alpha value is -0.940. The molecule has 0 spiro atoms. The van der Waals surface area contributed by atoms with Crippen molar-refractivity contribution in [1.82, 2.24) is 9.88 Å². The molecule has 0 atom stereocenters. The van der Waals surface area contributed by atoms with E-state index >= 15 is 0 Å². The molecule has 0 aliphatic carbocycles. The average Bonchev–Trinajstić information content (AvgIpc) is 2.75. The molecule has 1 saturated heterocycles. The molecule has 0 aromatic carbocycles. The summed E-state index contributed by atoms with van der Waals surface area (Å²) in [4.78, 5) is 19.1. The molecule has 1 aliphatic rings. The van der Waals surface area contributed by atoms with Crippen molar-refractivity contribution in [3.8, 4) is 0 Å². The van der Waals surface area contributed by atoms with Crippen LogP contribution in [0.5, 0.6) is 0 Å². The number of piperidine rings is 1. The van der Waals surface area contributed by atoms with Gasteiger partial charge in [-0.2, -0.15) is 0 Å². The van der Waals surface area contributed by atoms with Gasteiger partial charge in [-0.25, -0.2) is 4.98 Å². The van der Waals surface area contributed by atoms with Gasteiger partial charge >= 0.3 is 5.97 Å². The lowest BCUT2D eigenvalue weighted by molar-refractivity contribution is -0.136. The lowest BCUT2D eigenvalue weighted by Gasteiger charge is -2.29. The fourth-order valence-corrected chi connectivity index (χ4v) is 3.61. The van der Waals surface area contributed by atoms with E-state index < -0.39 is 5.97 Å². The summed E-state index contributed by atoms with van der Waals surface area (Å²) in [6, 6.07) is 0. The molecule has 1 aliphatic heterocycles. The minimum absolute atomic E-state index is 0.0444. The number of thiazole rings is 1. The van der Waals surface area contributed by atoms with Gasteiger partial charge < -0.3 is 5.11 Å². The van der Waals surface area contributed by atoms with Crippen LogP contribution in [0.3, 0.4) is 0 Å². The fourth-order valence-electron chi connectivity index (χ4n) is 2.48. The third kappa shape index (κ3) is 4.03. The summed E-state index contributed by atoms with van der Waals surface area (Å²) in [5.74, 6) is 0.388. The summed E-state index contributed by atoms with van der Waals surface area (Å²) >= 11 is 1.69. The first-order valence-electron chi connectivity index (χ1n) is 7.38. The third-order valence-electron chi connectivity index (χ3n) is 3.85. The number of carboxylic acid groups (broad SMARTS) is 1. The van der Waals surface area contributed by atoms with Crippen molar-refractivity contribution in [1.29, 1.82) is 0 Å². The molecule has 2 rings (SSSR count). The number of nitrogens with zero attached hydrogens (tertiary/aromatic N) is 2. The summed E-state index contributed by atoms with van der Waals surface area (Å²) in [7, 11) is 0. The van der Waals surface area contributed by atoms with Gasteiger partial charge in [0, 0.05) is 17.3 Å². The number of rotatable bonds is 5. The Morgan fingerprint density at radius 1 is 1.45 bits per heavy atom. The molecular formula is C15H24N2O2S. The van der Waals surface area contributed by atoms with Crippen LogP contribution in [0.15, 0.2) is 0 Å². The molecule has 0 radical (unpaired) electrons. The topological polar surface area (TPSA) is 53.4 Å². The van der Waals surface area contributed by atoms with E-state index in [0.29, 0.717) is 5.92 Å². The molecule has 2 heterocycles. The van der Waals surface area contributed by atoms with E-state index in [4.69, 9.17) is 5.11 Å². The largest absolute Gasteiger partial charge is 0.481 e. The van der Waals surface area contributed by atoms with Crippen molar-refractivity contribution in [3.63, 3.8) is 0 Å². The number of carbonyl (C=O) groups is 1. The van der Waals surface area contributed by atoms with E-state index in [9.17, 15) is 4.79 Å². The van der Waals surface area contributed by atoms with Gasteiger partial charge in [-0.1, -0.05) is 20.8 Å². The minimum atomic E-state index is -0.792. The van der Waals surface area contributed by atoms with Crippen LogP contribution < -0.4 is 0 Å². The van der Waals surface area contributed by atoms with E-state index in [1.807, 2.05) is 0 Å². The normalized spacial score (nSPS) is 17.8. The highest BCUT2D eigenvalue weighted by molar-refractivity contribution is 7.11. The van der Waals surface area contributed by atoms with E-state index in [1.165, 1.54) is 12.8 Å². The summed E-state index contributed by atoms with van der Waals surface area (Å²) in [6.07, 6.45) is 2.52. The molecule has 1 fully saturated rings. The van der Waals surface area contributed by atoms with Crippen LogP contribution in [0.2, 0.25) is 0 Å². The predicted octanol–water partition coefficient (Wildman–Crippen LogP) is 3.13. The van der Waals surface area contributed by atoms with E-state index in [-0.39, 0.29) is 6.42 Å². The van der Waals surface area contributed by atoms with Crippen molar-refractivity contribution < 1.29 is 9.90 Å². The van der Waals surface area contributed by atoms with Crippen LogP contribution >= 0.6 is 11.3 Å². The van der Waals surface area contributed by atoms with Crippen molar-refractivity contribution in [2.24, 2.45) is 5.92 Å². The molecule has 1 N–H and O–H groups in total. The Morgan fingerprint density at radius 2 is 2.10 bits per heavy atom. The number of aliphatic carboxylic acids is 1. The third-order valence-corrected chi connectivity index (χ3v) is 5.23. The van der Waals surface area contributed by atoms with E-state index in [0.717, 1.165) is 41.1 Å². The van der Waals surface area contributed by atoms with Crippen molar-refractivity contribution in [3.05, 3.63) is 15.6 Å². The number of hydrogen-bond donors (Lipinski definition) is 1. The summed E-state index contributed by atoms with van der Waals surface area (Å²) in [5.41, 5.74) is 0.768. The lowest BCUT2D eigenvalue weighted by Crippen LogP contribution is -2.32. The van der Waals surface area contributed by atoms with Crippen LogP contribution in [-0.4, -0.2) is 34.0 Å². The van der Waals surface area contributed by atoms with Gasteiger partial charge in [0.25, 0.3) is 0 Å². The number of carboxylic acids is 1. The van der Waals surface area contributed by atoms with Crippen molar-refractivity contribution >= 4 is 17.3 Å².